The summed E-state index contributed by atoms with van der Waals surface area (Å²) < 4.78 is 5.95. The lowest BCUT2D eigenvalue weighted by Gasteiger charge is -2.29. The zero-order valence-corrected chi connectivity index (χ0v) is 20.8. The molecule has 0 amide bonds. The molecule has 0 saturated carbocycles. The van der Waals surface area contributed by atoms with Crippen LogP contribution in [0.1, 0.15) is 54.8 Å². The summed E-state index contributed by atoms with van der Waals surface area (Å²) in [7, 11) is 0. The number of benzene rings is 3. The summed E-state index contributed by atoms with van der Waals surface area (Å²) in [5, 5.41) is 13.5. The summed E-state index contributed by atoms with van der Waals surface area (Å²) in [6.07, 6.45) is 3.25. The van der Waals surface area contributed by atoms with E-state index in [9.17, 15) is 14.9 Å². The van der Waals surface area contributed by atoms with E-state index in [1.165, 1.54) is 12.1 Å². The Hall–Kier alpha value is -4.39. The summed E-state index contributed by atoms with van der Waals surface area (Å²) in [6.45, 7) is 4.22. The Morgan fingerprint density at radius 2 is 1.38 bits per heavy atom. The van der Waals surface area contributed by atoms with Crippen LogP contribution in [-0.2, 0) is 23.1 Å². The van der Waals surface area contributed by atoms with Gasteiger partial charge >= 0.3 is 5.97 Å². The molecule has 1 aliphatic heterocycles. The van der Waals surface area contributed by atoms with Gasteiger partial charge in [0.2, 0.25) is 0 Å². The molecule has 2 aromatic heterocycles. The molecule has 0 atom stereocenters. The molecule has 0 fully saturated rings. The number of esters is 1. The molecule has 0 spiro atoms. The topological polar surface area (TPSA) is 101 Å². The van der Waals surface area contributed by atoms with E-state index in [4.69, 9.17) is 4.74 Å². The second-order valence-electron chi connectivity index (χ2n) is 9.63. The lowest BCUT2D eigenvalue weighted by Crippen LogP contribution is -2.38. The first-order valence-corrected chi connectivity index (χ1v) is 12.7. The van der Waals surface area contributed by atoms with E-state index in [-0.39, 0.29) is 11.4 Å². The molecule has 1 aliphatic rings. The molecule has 7 nitrogen and oxygen atoms in total. The SMILES string of the molecule is CCCc1[nH]c2ccccc2c1C1(c2c(CCC)[nH]c3ccccc23)C(=O)Oc2cc([N+](=O)[O-])ccc21. The van der Waals surface area contributed by atoms with Gasteiger partial charge in [-0.2, -0.15) is 0 Å². The number of aromatic nitrogens is 2. The third-order valence-corrected chi connectivity index (χ3v) is 7.41. The fourth-order valence-electron chi connectivity index (χ4n) is 6.03. The maximum absolute atomic E-state index is 14.4. The van der Waals surface area contributed by atoms with E-state index in [0.29, 0.717) is 5.56 Å². The number of rotatable bonds is 7. The summed E-state index contributed by atoms with van der Waals surface area (Å²) in [6, 6.07) is 20.6. The number of carbonyl (C=O) groups excluding carboxylic acids is 1. The summed E-state index contributed by atoms with van der Waals surface area (Å²) in [5.74, 6) is -0.202. The van der Waals surface area contributed by atoms with Crippen molar-refractivity contribution < 1.29 is 14.5 Å². The molecule has 3 aromatic carbocycles. The van der Waals surface area contributed by atoms with Crippen LogP contribution in [0, 0.1) is 10.1 Å². The number of nitrogens with zero attached hydrogens (tertiary/aromatic N) is 1. The van der Waals surface area contributed by atoms with Gasteiger partial charge in [0.05, 0.1) is 11.0 Å². The highest BCUT2D eigenvalue weighted by Crippen LogP contribution is 2.55. The van der Waals surface area contributed by atoms with Gasteiger partial charge in [0.25, 0.3) is 5.69 Å². The van der Waals surface area contributed by atoms with Gasteiger partial charge in [-0.05, 0) is 31.0 Å². The molecule has 0 bridgehead atoms. The highest BCUT2D eigenvalue weighted by Gasteiger charge is 2.56. The van der Waals surface area contributed by atoms with Gasteiger partial charge < -0.3 is 14.7 Å². The minimum atomic E-state index is -1.29. The van der Waals surface area contributed by atoms with Crippen LogP contribution >= 0.6 is 0 Å². The van der Waals surface area contributed by atoms with E-state index in [1.54, 1.807) is 6.07 Å². The molecule has 0 saturated heterocycles. The molecular formula is C30H27N3O4. The molecule has 0 radical (unpaired) electrons. The molecule has 37 heavy (non-hydrogen) atoms. The Morgan fingerprint density at radius 3 is 1.89 bits per heavy atom. The minimum Gasteiger partial charge on any atom is -0.425 e. The first-order valence-electron chi connectivity index (χ1n) is 12.7. The van der Waals surface area contributed by atoms with Crippen molar-refractivity contribution in [3.8, 4) is 5.75 Å². The van der Waals surface area contributed by atoms with Crippen LogP contribution in [-0.4, -0.2) is 20.9 Å². The van der Waals surface area contributed by atoms with Gasteiger partial charge in [-0.15, -0.1) is 0 Å². The number of nitro benzene ring substituents is 1. The van der Waals surface area contributed by atoms with E-state index >= 15 is 0 Å². The number of aryl methyl sites for hydroxylation is 2. The summed E-state index contributed by atoms with van der Waals surface area (Å²) >= 11 is 0. The summed E-state index contributed by atoms with van der Waals surface area (Å²) in [4.78, 5) is 32.7. The third kappa shape index (κ3) is 3.23. The number of H-pyrrole nitrogens is 2. The predicted octanol–water partition coefficient (Wildman–Crippen LogP) is 6.72. The van der Waals surface area contributed by atoms with Crippen molar-refractivity contribution in [2.24, 2.45) is 0 Å². The van der Waals surface area contributed by atoms with Crippen molar-refractivity contribution in [1.82, 2.24) is 9.97 Å². The number of ether oxygens (including phenoxy) is 1. The fraction of sp³-hybridized carbons (Fsp3) is 0.233. The van der Waals surface area contributed by atoms with Crippen molar-refractivity contribution in [2.75, 3.05) is 0 Å². The number of non-ortho nitro benzene ring substituents is 1. The normalized spacial score (nSPS) is 14.3. The maximum atomic E-state index is 14.4. The molecule has 2 N–H and O–H groups in total. The van der Waals surface area contributed by atoms with Gasteiger partial charge in [-0.1, -0.05) is 63.1 Å². The number of aromatic amines is 2. The monoisotopic (exact) mass is 493 g/mol. The molecule has 0 unspecified atom stereocenters. The summed E-state index contributed by atoms with van der Waals surface area (Å²) in [5.41, 5.74) is 4.79. The Kier molecular flexibility index (Phi) is 5.37. The van der Waals surface area contributed by atoms with Gasteiger partial charge in [-0.3, -0.25) is 10.1 Å². The molecular weight excluding hydrogens is 466 g/mol. The smallest absolute Gasteiger partial charge is 0.331 e. The maximum Gasteiger partial charge on any atom is 0.331 e. The van der Waals surface area contributed by atoms with E-state index < -0.39 is 16.3 Å². The van der Waals surface area contributed by atoms with E-state index in [0.717, 1.165) is 70.0 Å². The van der Waals surface area contributed by atoms with Gasteiger partial charge in [0.1, 0.15) is 5.75 Å². The van der Waals surface area contributed by atoms with Crippen molar-refractivity contribution >= 4 is 33.5 Å². The van der Waals surface area contributed by atoms with Crippen molar-refractivity contribution in [3.05, 3.63) is 105 Å². The van der Waals surface area contributed by atoms with Gasteiger partial charge in [0.15, 0.2) is 5.41 Å². The quantitative estimate of drug-likeness (QED) is 0.114. The zero-order chi connectivity index (χ0) is 25.7. The average molecular weight is 494 g/mol. The zero-order valence-electron chi connectivity index (χ0n) is 20.8. The van der Waals surface area contributed by atoms with Crippen molar-refractivity contribution in [3.63, 3.8) is 0 Å². The average Bonchev–Trinajstić information content (AvgIpc) is 3.53. The van der Waals surface area contributed by atoms with Crippen LogP contribution < -0.4 is 4.74 Å². The van der Waals surface area contributed by atoms with Gasteiger partial charge in [-0.25, -0.2) is 4.79 Å². The van der Waals surface area contributed by atoms with Crippen LogP contribution in [0.15, 0.2) is 66.7 Å². The minimum absolute atomic E-state index is 0.109. The molecule has 0 aliphatic carbocycles. The Morgan fingerprint density at radius 1 is 0.838 bits per heavy atom. The molecule has 6 rings (SSSR count). The van der Waals surface area contributed by atoms with E-state index in [1.807, 2.05) is 48.5 Å². The van der Waals surface area contributed by atoms with Crippen LogP contribution in [0.2, 0.25) is 0 Å². The van der Waals surface area contributed by atoms with Gasteiger partial charge in [0, 0.05) is 56.0 Å². The third-order valence-electron chi connectivity index (χ3n) is 7.41. The van der Waals surface area contributed by atoms with Crippen LogP contribution in [0.25, 0.3) is 21.8 Å². The second kappa shape index (κ2) is 8.62. The first-order chi connectivity index (χ1) is 18.0. The number of nitro groups is 1. The number of carbonyl (C=O) groups is 1. The predicted molar refractivity (Wildman–Crippen MR) is 143 cm³/mol. The van der Waals surface area contributed by atoms with E-state index in [2.05, 4.69) is 23.8 Å². The highest BCUT2D eigenvalue weighted by atomic mass is 16.6. The second-order valence-corrected chi connectivity index (χ2v) is 9.63. The molecule has 5 aromatic rings. The first kappa shape index (κ1) is 23.0. The molecule has 3 heterocycles. The molecule has 7 heteroatoms. The van der Waals surface area contributed by atoms with Crippen LogP contribution in [0.5, 0.6) is 5.75 Å². The number of hydrogen-bond donors (Lipinski definition) is 2. The van der Waals surface area contributed by atoms with Crippen molar-refractivity contribution in [1.29, 1.82) is 0 Å². The Labute approximate surface area is 213 Å². The number of para-hydroxylation sites is 2. The van der Waals surface area contributed by atoms with Crippen molar-refractivity contribution in [2.45, 2.75) is 44.9 Å². The highest BCUT2D eigenvalue weighted by molar-refractivity contribution is 6.07. The Balaban J connectivity index is 1.82. The lowest BCUT2D eigenvalue weighted by molar-refractivity contribution is -0.384. The van der Waals surface area contributed by atoms with Crippen LogP contribution in [0.4, 0.5) is 5.69 Å². The fourth-order valence-corrected chi connectivity index (χ4v) is 6.03. The largest absolute Gasteiger partial charge is 0.425 e. The number of hydrogen-bond acceptors (Lipinski definition) is 4. The number of nitrogens with one attached hydrogen (secondary N) is 2. The lowest BCUT2D eigenvalue weighted by atomic mass is 9.67. The van der Waals surface area contributed by atoms with Crippen LogP contribution in [0.3, 0.4) is 0 Å². The number of fused-ring (bicyclic) bond motifs is 3. The molecule has 186 valence electrons. The Bertz CT molecular complexity index is 1610. The standard InChI is InChI=1S/C30H27N3O4/c1-3-9-24-27(19-11-5-7-13-22(19)31-24)30(21-16-15-18(33(35)36)17-26(21)37-29(30)34)28-20-12-6-8-14-23(20)32-25(28)10-4-2/h5-8,11-17,31-32H,3-4,9-10H2,1-2H3.